The molecule has 0 saturated carbocycles. The monoisotopic (exact) mass is 339 g/mol. The largest absolute Gasteiger partial charge is 0.354 e. The van der Waals surface area contributed by atoms with E-state index in [-0.39, 0.29) is 0 Å². The van der Waals surface area contributed by atoms with Gasteiger partial charge in [0.1, 0.15) is 0 Å². The molecule has 2 aromatic rings. The molecule has 4 rings (SSSR count). The first-order valence-electron chi connectivity index (χ1n) is 9.20. The molecule has 2 aliphatic heterocycles. The number of hydrogen-bond acceptors (Lipinski definition) is 7. The van der Waals surface area contributed by atoms with Crippen molar-refractivity contribution in [1.29, 1.82) is 0 Å². The van der Waals surface area contributed by atoms with Crippen molar-refractivity contribution in [3.8, 4) is 0 Å². The Kier molecular flexibility index (Phi) is 5.01. The normalized spacial score (nSPS) is 20.9. The van der Waals surface area contributed by atoms with Crippen molar-refractivity contribution < 1.29 is 0 Å². The molecule has 7 heteroatoms. The second-order valence-corrected chi connectivity index (χ2v) is 6.83. The van der Waals surface area contributed by atoms with E-state index in [1.807, 2.05) is 24.5 Å². The van der Waals surface area contributed by atoms with Gasteiger partial charge in [0.15, 0.2) is 5.82 Å². The molecular weight excluding hydrogens is 314 g/mol. The van der Waals surface area contributed by atoms with E-state index in [2.05, 4.69) is 35.3 Å². The van der Waals surface area contributed by atoms with Crippen LogP contribution < -0.4 is 15.1 Å². The van der Waals surface area contributed by atoms with E-state index in [1.165, 1.54) is 25.7 Å². The summed E-state index contributed by atoms with van der Waals surface area (Å²) >= 11 is 0. The lowest BCUT2D eigenvalue weighted by molar-refractivity contribution is 0.419. The summed E-state index contributed by atoms with van der Waals surface area (Å²) in [6.07, 6.45) is 10.5. The summed E-state index contributed by atoms with van der Waals surface area (Å²) in [5.41, 5.74) is 1.14. The summed E-state index contributed by atoms with van der Waals surface area (Å²) in [6.45, 7) is 4.98. The first-order chi connectivity index (χ1) is 12.4. The Balaban J connectivity index is 1.30. The molecule has 4 heterocycles. The predicted molar refractivity (Wildman–Crippen MR) is 97.6 cm³/mol. The minimum Gasteiger partial charge on any atom is -0.354 e. The first kappa shape index (κ1) is 16.2. The highest BCUT2D eigenvalue weighted by atomic mass is 15.3. The summed E-state index contributed by atoms with van der Waals surface area (Å²) in [5.74, 6) is 1.83. The minimum atomic E-state index is 0.453. The van der Waals surface area contributed by atoms with Crippen molar-refractivity contribution in [1.82, 2.24) is 25.5 Å². The van der Waals surface area contributed by atoms with Crippen LogP contribution >= 0.6 is 0 Å². The maximum Gasteiger partial charge on any atom is 0.225 e. The summed E-state index contributed by atoms with van der Waals surface area (Å²) in [7, 11) is 0. The molecule has 0 amide bonds. The molecule has 0 aromatic carbocycles. The molecule has 2 aliphatic rings. The lowest BCUT2D eigenvalue weighted by Gasteiger charge is -2.33. The summed E-state index contributed by atoms with van der Waals surface area (Å²) < 4.78 is 0. The van der Waals surface area contributed by atoms with E-state index in [9.17, 15) is 0 Å². The third-order valence-corrected chi connectivity index (χ3v) is 4.98. The van der Waals surface area contributed by atoms with Gasteiger partial charge in [-0.05, 0) is 37.8 Å². The Labute approximate surface area is 148 Å². The zero-order chi connectivity index (χ0) is 16.9. The predicted octanol–water partition coefficient (Wildman–Crippen LogP) is 1.63. The van der Waals surface area contributed by atoms with E-state index < -0.39 is 0 Å². The van der Waals surface area contributed by atoms with Crippen LogP contribution in [-0.4, -0.2) is 52.4 Å². The summed E-state index contributed by atoms with van der Waals surface area (Å²) in [5, 5.41) is 11.9. The fourth-order valence-electron chi connectivity index (χ4n) is 3.60. The molecule has 0 spiro atoms. The highest BCUT2D eigenvalue weighted by molar-refractivity contribution is 5.37. The Morgan fingerprint density at radius 2 is 1.84 bits per heavy atom. The van der Waals surface area contributed by atoms with E-state index in [1.54, 1.807) is 6.20 Å². The lowest BCUT2D eigenvalue weighted by atomic mass is 10.1. The van der Waals surface area contributed by atoms with Crippen LogP contribution in [0.2, 0.25) is 0 Å². The Morgan fingerprint density at radius 1 is 1.04 bits per heavy atom. The van der Waals surface area contributed by atoms with Crippen LogP contribution in [0.5, 0.6) is 0 Å². The molecule has 25 heavy (non-hydrogen) atoms. The molecule has 1 atom stereocenters. The number of piperidine rings is 1. The second-order valence-electron chi connectivity index (χ2n) is 6.83. The van der Waals surface area contributed by atoms with Gasteiger partial charge in [0.05, 0.1) is 0 Å². The molecule has 2 aromatic heterocycles. The lowest BCUT2D eigenvalue weighted by Crippen LogP contribution is -2.45. The summed E-state index contributed by atoms with van der Waals surface area (Å²) in [6, 6.07) is 4.42. The van der Waals surface area contributed by atoms with E-state index in [4.69, 9.17) is 0 Å². The fourth-order valence-corrected chi connectivity index (χ4v) is 3.60. The van der Waals surface area contributed by atoms with Crippen LogP contribution in [0.25, 0.3) is 0 Å². The van der Waals surface area contributed by atoms with Gasteiger partial charge >= 0.3 is 0 Å². The number of anilines is 2. The van der Waals surface area contributed by atoms with Crippen molar-refractivity contribution in [2.75, 3.05) is 36.0 Å². The second kappa shape index (κ2) is 7.74. The molecular formula is C18H25N7. The molecule has 0 radical (unpaired) electrons. The van der Waals surface area contributed by atoms with Crippen LogP contribution in [0.1, 0.15) is 31.2 Å². The maximum atomic E-state index is 4.53. The van der Waals surface area contributed by atoms with Crippen molar-refractivity contribution in [2.45, 2.75) is 38.3 Å². The molecule has 7 nitrogen and oxygen atoms in total. The van der Waals surface area contributed by atoms with Crippen molar-refractivity contribution in [3.63, 3.8) is 0 Å². The van der Waals surface area contributed by atoms with Crippen LogP contribution in [0.15, 0.2) is 30.7 Å². The number of aromatic nitrogens is 4. The third kappa shape index (κ3) is 4.04. The average molecular weight is 339 g/mol. The molecule has 2 saturated heterocycles. The first-order valence-corrected chi connectivity index (χ1v) is 9.20. The Hall–Kier alpha value is -2.28. The Bertz CT molecular complexity index is 655. The van der Waals surface area contributed by atoms with Crippen LogP contribution in [0.4, 0.5) is 11.8 Å². The quantitative estimate of drug-likeness (QED) is 0.888. The summed E-state index contributed by atoms with van der Waals surface area (Å²) in [4.78, 5) is 13.6. The molecule has 0 aliphatic carbocycles. The molecule has 2 fully saturated rings. The minimum absolute atomic E-state index is 0.453. The van der Waals surface area contributed by atoms with Crippen LogP contribution in [-0.2, 0) is 6.54 Å². The molecule has 1 N–H and O–H groups in total. The SMILES string of the molecule is c1cnnc(N2CCC[C@@H](NCc3cnc(N4CCCC4)nc3)C2)c1. The van der Waals surface area contributed by atoms with Gasteiger partial charge in [-0.2, -0.15) is 5.10 Å². The third-order valence-electron chi connectivity index (χ3n) is 4.98. The number of nitrogens with zero attached hydrogens (tertiary/aromatic N) is 6. The molecule has 0 unspecified atom stereocenters. The van der Waals surface area contributed by atoms with Gasteiger partial charge in [0, 0.05) is 62.9 Å². The topological polar surface area (TPSA) is 70.1 Å². The number of nitrogens with one attached hydrogen (secondary N) is 1. The van der Waals surface area contributed by atoms with Gasteiger partial charge in [-0.3, -0.25) is 0 Å². The van der Waals surface area contributed by atoms with Gasteiger partial charge in [0.2, 0.25) is 5.95 Å². The smallest absolute Gasteiger partial charge is 0.225 e. The van der Waals surface area contributed by atoms with Crippen molar-refractivity contribution in [2.24, 2.45) is 0 Å². The van der Waals surface area contributed by atoms with Gasteiger partial charge in [0.25, 0.3) is 0 Å². The van der Waals surface area contributed by atoms with Gasteiger partial charge in [-0.15, -0.1) is 5.10 Å². The zero-order valence-corrected chi connectivity index (χ0v) is 14.5. The van der Waals surface area contributed by atoms with Crippen molar-refractivity contribution >= 4 is 11.8 Å². The highest BCUT2D eigenvalue weighted by Crippen LogP contribution is 2.18. The maximum absolute atomic E-state index is 4.53. The van der Waals surface area contributed by atoms with Crippen LogP contribution in [0, 0.1) is 0 Å². The van der Waals surface area contributed by atoms with Crippen LogP contribution in [0.3, 0.4) is 0 Å². The van der Waals surface area contributed by atoms with E-state index in [0.717, 1.165) is 50.1 Å². The van der Waals surface area contributed by atoms with Crippen molar-refractivity contribution in [3.05, 3.63) is 36.3 Å². The van der Waals surface area contributed by atoms with Gasteiger partial charge in [-0.25, -0.2) is 9.97 Å². The Morgan fingerprint density at radius 3 is 2.60 bits per heavy atom. The molecule has 0 bridgehead atoms. The number of hydrogen-bond donors (Lipinski definition) is 1. The average Bonchev–Trinajstić information content (AvgIpc) is 3.23. The van der Waals surface area contributed by atoms with E-state index in [0.29, 0.717) is 6.04 Å². The van der Waals surface area contributed by atoms with E-state index >= 15 is 0 Å². The number of rotatable bonds is 5. The highest BCUT2D eigenvalue weighted by Gasteiger charge is 2.21. The zero-order valence-electron chi connectivity index (χ0n) is 14.5. The van der Waals surface area contributed by atoms with Gasteiger partial charge in [-0.1, -0.05) is 0 Å². The fraction of sp³-hybridized carbons (Fsp3) is 0.556. The molecule has 132 valence electrons. The standard InChI is InChI=1S/C18H25N7/c1-2-9-24(8-1)18-20-12-15(13-21-18)11-19-16-5-4-10-25(14-16)17-6-3-7-22-23-17/h3,6-7,12-13,16,19H,1-2,4-5,8-11,14H2/t16-/m1/s1. The van der Waals surface area contributed by atoms with Gasteiger partial charge < -0.3 is 15.1 Å².